The van der Waals surface area contributed by atoms with Crippen molar-refractivity contribution in [2.24, 2.45) is 0 Å². The molecule has 0 amide bonds. The van der Waals surface area contributed by atoms with Gasteiger partial charge in [0.15, 0.2) is 5.43 Å². The fraction of sp³-hybridized carbons (Fsp3) is 0.400. The standard InChI is InChI=1S/C15H16O9/c16-4-8-11(19)13(21)14(22)15(24-8)10-6(18)3-7-9(12(10)20)5(17)1-2-23-7/h1-3,8,11,13-16,18-22H,4H2. The van der Waals surface area contributed by atoms with Gasteiger partial charge in [-0.1, -0.05) is 0 Å². The molecule has 2 heterocycles. The van der Waals surface area contributed by atoms with E-state index in [0.29, 0.717) is 0 Å². The van der Waals surface area contributed by atoms with Gasteiger partial charge in [-0.05, 0) is 0 Å². The largest absolute Gasteiger partial charge is 0.507 e. The van der Waals surface area contributed by atoms with Crippen molar-refractivity contribution >= 4 is 11.0 Å². The summed E-state index contributed by atoms with van der Waals surface area (Å²) in [6, 6.07) is 2.13. The zero-order chi connectivity index (χ0) is 17.6. The summed E-state index contributed by atoms with van der Waals surface area (Å²) < 4.78 is 10.4. The molecule has 0 radical (unpaired) electrons. The monoisotopic (exact) mass is 340 g/mol. The number of fused-ring (bicyclic) bond motifs is 1. The van der Waals surface area contributed by atoms with Crippen molar-refractivity contribution < 1.29 is 39.8 Å². The summed E-state index contributed by atoms with van der Waals surface area (Å²) in [5.74, 6) is -1.22. The minimum Gasteiger partial charge on any atom is -0.507 e. The molecule has 130 valence electrons. The molecule has 5 atom stereocenters. The SMILES string of the molecule is O=c1ccoc2cc(O)c(C3OC(CO)C(O)C(O)C3O)c(O)c12. The Bertz CT molecular complexity index is 812. The number of hydrogen-bond donors (Lipinski definition) is 6. The number of hydrogen-bond acceptors (Lipinski definition) is 9. The van der Waals surface area contributed by atoms with Crippen molar-refractivity contribution in [1.29, 1.82) is 0 Å². The third-order valence-electron chi connectivity index (χ3n) is 4.12. The Hall–Kier alpha value is -2.17. The third-order valence-corrected chi connectivity index (χ3v) is 4.12. The quantitative estimate of drug-likeness (QED) is 0.391. The van der Waals surface area contributed by atoms with Gasteiger partial charge in [0, 0.05) is 12.1 Å². The van der Waals surface area contributed by atoms with E-state index in [4.69, 9.17) is 9.15 Å². The molecule has 0 spiro atoms. The normalized spacial score (nSPS) is 30.6. The van der Waals surface area contributed by atoms with Crippen LogP contribution < -0.4 is 5.43 Å². The summed E-state index contributed by atoms with van der Waals surface area (Å²) in [5, 5.41) is 59.3. The first-order chi connectivity index (χ1) is 11.4. The summed E-state index contributed by atoms with van der Waals surface area (Å²) in [7, 11) is 0. The van der Waals surface area contributed by atoms with Gasteiger partial charge in [-0.15, -0.1) is 0 Å². The van der Waals surface area contributed by atoms with E-state index in [1.165, 1.54) is 0 Å². The van der Waals surface area contributed by atoms with Gasteiger partial charge < -0.3 is 39.8 Å². The number of rotatable bonds is 2. The first-order valence-corrected chi connectivity index (χ1v) is 7.13. The molecule has 24 heavy (non-hydrogen) atoms. The molecule has 0 aliphatic carbocycles. The molecule has 1 aliphatic heterocycles. The topological polar surface area (TPSA) is 161 Å². The van der Waals surface area contributed by atoms with Crippen LogP contribution in [0.4, 0.5) is 0 Å². The molecule has 1 fully saturated rings. The summed E-state index contributed by atoms with van der Waals surface area (Å²) >= 11 is 0. The maximum atomic E-state index is 11.9. The number of phenolic OH excluding ortho intramolecular Hbond substituents is 2. The molecule has 1 aliphatic rings. The molecule has 6 N–H and O–H groups in total. The van der Waals surface area contributed by atoms with E-state index in [-0.39, 0.29) is 16.5 Å². The van der Waals surface area contributed by atoms with Crippen LogP contribution in [0.25, 0.3) is 11.0 Å². The zero-order valence-electron chi connectivity index (χ0n) is 12.2. The molecular weight excluding hydrogens is 324 g/mol. The molecule has 1 aromatic heterocycles. The van der Waals surface area contributed by atoms with E-state index in [9.17, 15) is 35.4 Å². The second-order valence-corrected chi connectivity index (χ2v) is 5.57. The summed E-state index contributed by atoms with van der Waals surface area (Å²) in [6.45, 7) is -0.668. The van der Waals surface area contributed by atoms with Crippen LogP contribution in [0.3, 0.4) is 0 Å². The van der Waals surface area contributed by atoms with E-state index in [2.05, 4.69) is 0 Å². The van der Waals surface area contributed by atoms with Crippen LogP contribution in [-0.4, -0.2) is 61.7 Å². The molecule has 0 bridgehead atoms. The highest BCUT2D eigenvalue weighted by Gasteiger charge is 2.46. The second kappa shape index (κ2) is 6.04. The summed E-state index contributed by atoms with van der Waals surface area (Å²) in [5.41, 5.74) is -1.01. The Balaban J connectivity index is 2.18. The average Bonchev–Trinajstić information content (AvgIpc) is 2.54. The second-order valence-electron chi connectivity index (χ2n) is 5.57. The maximum Gasteiger partial charge on any atom is 0.196 e. The van der Waals surface area contributed by atoms with Crippen LogP contribution >= 0.6 is 0 Å². The highest BCUT2D eigenvalue weighted by Crippen LogP contribution is 2.43. The van der Waals surface area contributed by atoms with Crippen molar-refractivity contribution in [2.75, 3.05) is 6.61 Å². The van der Waals surface area contributed by atoms with Gasteiger partial charge >= 0.3 is 0 Å². The van der Waals surface area contributed by atoms with E-state index in [0.717, 1.165) is 18.4 Å². The lowest BCUT2D eigenvalue weighted by atomic mass is 9.89. The highest BCUT2D eigenvalue weighted by molar-refractivity contribution is 5.86. The number of phenols is 2. The van der Waals surface area contributed by atoms with Gasteiger partial charge in [-0.3, -0.25) is 4.79 Å². The van der Waals surface area contributed by atoms with Crippen molar-refractivity contribution in [3.63, 3.8) is 0 Å². The van der Waals surface area contributed by atoms with Crippen LogP contribution in [0, 0.1) is 0 Å². The molecule has 2 aromatic rings. The molecule has 1 saturated heterocycles. The van der Waals surface area contributed by atoms with Gasteiger partial charge in [0.05, 0.1) is 18.4 Å². The van der Waals surface area contributed by atoms with Crippen molar-refractivity contribution in [1.82, 2.24) is 0 Å². The van der Waals surface area contributed by atoms with Gasteiger partial charge in [-0.2, -0.15) is 0 Å². The number of aliphatic hydroxyl groups excluding tert-OH is 4. The van der Waals surface area contributed by atoms with Crippen molar-refractivity contribution in [3.05, 3.63) is 34.2 Å². The van der Waals surface area contributed by atoms with Gasteiger partial charge in [0.25, 0.3) is 0 Å². The number of ether oxygens (including phenoxy) is 1. The van der Waals surface area contributed by atoms with Gasteiger partial charge in [0.2, 0.25) is 0 Å². The predicted molar refractivity (Wildman–Crippen MR) is 78.5 cm³/mol. The fourth-order valence-electron chi connectivity index (χ4n) is 2.85. The average molecular weight is 340 g/mol. The minimum atomic E-state index is -1.71. The predicted octanol–water partition coefficient (Wildman–Crippen LogP) is -1.28. The van der Waals surface area contributed by atoms with Crippen molar-refractivity contribution in [2.45, 2.75) is 30.5 Å². The molecule has 0 saturated carbocycles. The lowest BCUT2D eigenvalue weighted by Crippen LogP contribution is -2.55. The fourth-order valence-corrected chi connectivity index (χ4v) is 2.85. The third kappa shape index (κ3) is 2.43. The first kappa shape index (κ1) is 16.7. The summed E-state index contributed by atoms with van der Waals surface area (Å²) in [6.07, 6.45) is -6.61. The molecule has 1 aromatic carbocycles. The Kier molecular flexibility index (Phi) is 4.20. The molecule has 9 heteroatoms. The maximum absolute atomic E-state index is 11.9. The minimum absolute atomic E-state index is 0.0779. The van der Waals surface area contributed by atoms with Gasteiger partial charge in [0.1, 0.15) is 53.0 Å². The van der Waals surface area contributed by atoms with Crippen LogP contribution in [0.2, 0.25) is 0 Å². The van der Waals surface area contributed by atoms with Crippen LogP contribution in [0.15, 0.2) is 27.6 Å². The lowest BCUT2D eigenvalue weighted by Gasteiger charge is -2.40. The number of aliphatic hydroxyl groups is 4. The van der Waals surface area contributed by atoms with E-state index in [1.54, 1.807) is 0 Å². The smallest absolute Gasteiger partial charge is 0.196 e. The van der Waals surface area contributed by atoms with E-state index < -0.39 is 54.1 Å². The van der Waals surface area contributed by atoms with Crippen LogP contribution in [-0.2, 0) is 4.74 Å². The molecule has 5 unspecified atom stereocenters. The van der Waals surface area contributed by atoms with E-state index >= 15 is 0 Å². The van der Waals surface area contributed by atoms with E-state index in [1.807, 2.05) is 0 Å². The highest BCUT2D eigenvalue weighted by atomic mass is 16.5. The Morgan fingerprint density at radius 3 is 2.46 bits per heavy atom. The number of aromatic hydroxyl groups is 2. The van der Waals surface area contributed by atoms with Crippen LogP contribution in [0.5, 0.6) is 11.5 Å². The molecular formula is C15H16O9. The Labute approximate surface area is 134 Å². The molecule has 9 nitrogen and oxygen atoms in total. The van der Waals surface area contributed by atoms with Gasteiger partial charge in [-0.25, -0.2) is 0 Å². The Morgan fingerprint density at radius 2 is 1.79 bits per heavy atom. The molecule has 3 rings (SSSR count). The lowest BCUT2D eigenvalue weighted by molar-refractivity contribution is -0.232. The van der Waals surface area contributed by atoms with Crippen LogP contribution in [0.1, 0.15) is 11.7 Å². The Morgan fingerprint density at radius 1 is 1.08 bits per heavy atom. The summed E-state index contributed by atoms with van der Waals surface area (Å²) in [4.78, 5) is 11.9. The van der Waals surface area contributed by atoms with Crippen molar-refractivity contribution in [3.8, 4) is 11.5 Å². The number of benzene rings is 1. The first-order valence-electron chi connectivity index (χ1n) is 7.13. The zero-order valence-corrected chi connectivity index (χ0v) is 12.2.